The molecule has 0 heterocycles. The molecule has 154 valence electrons. The highest BCUT2D eigenvalue weighted by Gasteiger charge is 2.39. The van der Waals surface area contributed by atoms with E-state index in [4.69, 9.17) is 5.11 Å². The van der Waals surface area contributed by atoms with E-state index in [-0.39, 0.29) is 29.8 Å². The van der Waals surface area contributed by atoms with Crippen molar-refractivity contribution in [1.82, 2.24) is 0 Å². The van der Waals surface area contributed by atoms with Crippen LogP contribution in [0.25, 0.3) is 0 Å². The summed E-state index contributed by atoms with van der Waals surface area (Å²) >= 11 is 0. The van der Waals surface area contributed by atoms with Gasteiger partial charge in [0, 0.05) is 24.7 Å². The lowest BCUT2D eigenvalue weighted by atomic mass is 9.89. The zero-order valence-electron chi connectivity index (χ0n) is 16.8. The van der Waals surface area contributed by atoms with E-state index in [9.17, 15) is 19.8 Å². The van der Waals surface area contributed by atoms with Crippen molar-refractivity contribution < 1.29 is 24.9 Å². The molecule has 0 aromatic heterocycles. The van der Waals surface area contributed by atoms with E-state index in [0.29, 0.717) is 25.7 Å². The van der Waals surface area contributed by atoms with Crippen LogP contribution in [0.2, 0.25) is 0 Å². The zero-order valence-corrected chi connectivity index (χ0v) is 16.8. The van der Waals surface area contributed by atoms with Crippen LogP contribution in [-0.2, 0) is 9.59 Å². The highest BCUT2D eigenvalue weighted by atomic mass is 16.3. The van der Waals surface area contributed by atoms with Gasteiger partial charge in [0.05, 0.1) is 11.7 Å². The third-order valence-electron chi connectivity index (χ3n) is 5.28. The minimum atomic E-state index is -0.749. The molecule has 3 N–H and O–H groups in total. The van der Waals surface area contributed by atoms with Crippen molar-refractivity contribution in [2.75, 3.05) is 6.61 Å². The zero-order chi connectivity index (χ0) is 20.3. The lowest BCUT2D eigenvalue weighted by Crippen LogP contribution is -2.23. The molecule has 27 heavy (non-hydrogen) atoms. The molecular formula is C22H36O5. The van der Waals surface area contributed by atoms with Gasteiger partial charge in [0.25, 0.3) is 0 Å². The van der Waals surface area contributed by atoms with Crippen LogP contribution in [-0.4, -0.2) is 45.2 Å². The molecule has 0 bridgehead atoms. The number of carbonyl (C=O) groups is 2. The number of ketones is 2. The number of hydrogen-bond donors (Lipinski definition) is 3. The van der Waals surface area contributed by atoms with Crippen molar-refractivity contribution in [2.24, 2.45) is 11.8 Å². The average Bonchev–Trinajstić information content (AvgIpc) is 2.89. The summed E-state index contributed by atoms with van der Waals surface area (Å²) in [6.07, 6.45) is 12.9. The van der Waals surface area contributed by atoms with Crippen LogP contribution in [0.1, 0.15) is 71.6 Å². The molecule has 1 aliphatic carbocycles. The molecule has 4 atom stereocenters. The van der Waals surface area contributed by atoms with E-state index in [1.165, 1.54) is 0 Å². The van der Waals surface area contributed by atoms with E-state index in [0.717, 1.165) is 25.7 Å². The Morgan fingerprint density at radius 2 is 2.00 bits per heavy atom. The lowest BCUT2D eigenvalue weighted by Gasteiger charge is -2.22. The number of rotatable bonds is 13. The average molecular weight is 381 g/mol. The number of carbonyl (C=O) groups excluding carboxylic acids is 2. The van der Waals surface area contributed by atoms with Crippen LogP contribution in [0.5, 0.6) is 0 Å². The second-order valence-corrected chi connectivity index (χ2v) is 7.95. The first-order valence-corrected chi connectivity index (χ1v) is 10.2. The van der Waals surface area contributed by atoms with Crippen LogP contribution >= 0.6 is 0 Å². The van der Waals surface area contributed by atoms with Crippen LogP contribution in [0.3, 0.4) is 0 Å². The van der Waals surface area contributed by atoms with Crippen LogP contribution in [0.4, 0.5) is 0 Å². The fourth-order valence-electron chi connectivity index (χ4n) is 3.52. The van der Waals surface area contributed by atoms with Gasteiger partial charge in [0.2, 0.25) is 0 Å². The van der Waals surface area contributed by atoms with Crippen LogP contribution < -0.4 is 0 Å². The molecule has 5 heteroatoms. The Bertz CT molecular complexity index is 521. The van der Waals surface area contributed by atoms with Crippen molar-refractivity contribution >= 4 is 11.6 Å². The summed E-state index contributed by atoms with van der Waals surface area (Å²) in [4.78, 5) is 23.2. The highest BCUT2D eigenvalue weighted by Crippen LogP contribution is 2.33. The summed E-state index contributed by atoms with van der Waals surface area (Å²) in [5.41, 5.74) is -0.749. The first kappa shape index (κ1) is 23.7. The molecule has 0 amide bonds. The van der Waals surface area contributed by atoms with Gasteiger partial charge in [-0.2, -0.15) is 0 Å². The van der Waals surface area contributed by atoms with Gasteiger partial charge in [-0.05, 0) is 39.0 Å². The number of hydrogen-bond acceptors (Lipinski definition) is 5. The molecule has 0 saturated heterocycles. The monoisotopic (exact) mass is 380 g/mol. The standard InChI is InChI=1S/C22H36O5/c1-3-4-13-22(2,27)14-9-12-19-18(20(25)15-21(19)26)11-8-6-5-7-10-17(24)16-23/h6,8-9,12,18-19,21,23,26-27H,3-5,7,10-11,13-16H2,1-2H3/t18-,19-,21-,22+/m1/s1. The smallest absolute Gasteiger partial charge is 0.158 e. The minimum absolute atomic E-state index is 0.0787. The molecular weight excluding hydrogens is 344 g/mol. The van der Waals surface area contributed by atoms with E-state index >= 15 is 0 Å². The van der Waals surface area contributed by atoms with E-state index < -0.39 is 18.3 Å². The van der Waals surface area contributed by atoms with Gasteiger partial charge in [-0.15, -0.1) is 0 Å². The van der Waals surface area contributed by atoms with Gasteiger partial charge < -0.3 is 15.3 Å². The minimum Gasteiger partial charge on any atom is -0.392 e. The number of allylic oxidation sites excluding steroid dienone is 2. The SMILES string of the molecule is CCCC[C@](C)(O)CC=C[C@H]1[C@H](O)CC(=O)[C@@H]1CC=CCCCC(=O)CO. The third-order valence-corrected chi connectivity index (χ3v) is 5.28. The summed E-state index contributed by atoms with van der Waals surface area (Å²) in [6, 6.07) is 0. The number of unbranched alkanes of at least 4 members (excludes halogenated alkanes) is 2. The Morgan fingerprint density at radius 1 is 1.26 bits per heavy atom. The molecule has 0 aliphatic heterocycles. The molecule has 0 radical (unpaired) electrons. The number of aliphatic hydroxyl groups is 3. The van der Waals surface area contributed by atoms with Gasteiger partial charge in [0.1, 0.15) is 12.4 Å². The summed E-state index contributed by atoms with van der Waals surface area (Å²) < 4.78 is 0. The molecule has 0 aromatic rings. The van der Waals surface area contributed by atoms with Gasteiger partial charge in [0.15, 0.2) is 5.78 Å². The summed E-state index contributed by atoms with van der Waals surface area (Å²) in [5.74, 6) is -0.514. The molecule has 1 saturated carbocycles. The highest BCUT2D eigenvalue weighted by molar-refractivity contribution is 5.84. The topological polar surface area (TPSA) is 94.8 Å². The Kier molecular flexibility index (Phi) is 10.7. The van der Waals surface area contributed by atoms with Crippen molar-refractivity contribution in [3.63, 3.8) is 0 Å². The molecule has 5 nitrogen and oxygen atoms in total. The predicted molar refractivity (Wildman–Crippen MR) is 106 cm³/mol. The fourth-order valence-corrected chi connectivity index (χ4v) is 3.52. The first-order valence-electron chi connectivity index (χ1n) is 10.2. The summed E-state index contributed by atoms with van der Waals surface area (Å²) in [5, 5.41) is 29.2. The first-order chi connectivity index (χ1) is 12.8. The Balaban J connectivity index is 2.51. The van der Waals surface area contributed by atoms with Gasteiger partial charge >= 0.3 is 0 Å². The second kappa shape index (κ2) is 12.2. The normalized spacial score (nSPS) is 25.5. The molecule has 0 spiro atoms. The van der Waals surface area contributed by atoms with Crippen LogP contribution in [0.15, 0.2) is 24.3 Å². The Labute approximate surface area is 163 Å². The largest absolute Gasteiger partial charge is 0.392 e. The van der Waals surface area contributed by atoms with Gasteiger partial charge in [-0.1, -0.05) is 44.1 Å². The van der Waals surface area contributed by atoms with Crippen molar-refractivity contribution in [3.05, 3.63) is 24.3 Å². The molecule has 0 unspecified atom stereocenters. The Hall–Kier alpha value is -1.30. The quantitative estimate of drug-likeness (QED) is 0.337. The molecule has 0 aromatic carbocycles. The van der Waals surface area contributed by atoms with Crippen molar-refractivity contribution in [3.8, 4) is 0 Å². The maximum atomic E-state index is 12.2. The number of Topliss-reactive ketones (excluding diaryl/α,β-unsaturated/α-hetero) is 2. The molecule has 1 rings (SSSR count). The summed E-state index contributed by atoms with van der Waals surface area (Å²) in [7, 11) is 0. The number of aliphatic hydroxyl groups excluding tert-OH is 2. The molecule has 1 fully saturated rings. The van der Waals surface area contributed by atoms with E-state index in [1.807, 2.05) is 31.2 Å². The Morgan fingerprint density at radius 3 is 2.67 bits per heavy atom. The van der Waals surface area contributed by atoms with E-state index in [2.05, 4.69) is 6.92 Å². The second-order valence-electron chi connectivity index (χ2n) is 7.95. The third kappa shape index (κ3) is 8.96. The van der Waals surface area contributed by atoms with Crippen LogP contribution in [0, 0.1) is 11.8 Å². The van der Waals surface area contributed by atoms with E-state index in [1.54, 1.807) is 0 Å². The van der Waals surface area contributed by atoms with Gasteiger partial charge in [-0.25, -0.2) is 0 Å². The van der Waals surface area contributed by atoms with Crippen molar-refractivity contribution in [1.29, 1.82) is 0 Å². The fraction of sp³-hybridized carbons (Fsp3) is 0.727. The summed E-state index contributed by atoms with van der Waals surface area (Å²) in [6.45, 7) is 3.51. The predicted octanol–water partition coefficient (Wildman–Crippen LogP) is 3.12. The van der Waals surface area contributed by atoms with Crippen molar-refractivity contribution in [2.45, 2.75) is 83.3 Å². The lowest BCUT2D eigenvalue weighted by molar-refractivity contribution is -0.122. The van der Waals surface area contributed by atoms with Gasteiger partial charge in [-0.3, -0.25) is 9.59 Å². The maximum absolute atomic E-state index is 12.2. The molecule has 1 aliphatic rings. The maximum Gasteiger partial charge on any atom is 0.158 e.